The predicted octanol–water partition coefficient (Wildman–Crippen LogP) is 2.60. The van der Waals surface area contributed by atoms with Crippen molar-refractivity contribution < 1.29 is 14.4 Å². The van der Waals surface area contributed by atoms with Gasteiger partial charge >= 0.3 is 6.03 Å². The smallest absolute Gasteiger partial charge is 0.322 e. The first-order valence-corrected chi connectivity index (χ1v) is 9.03. The van der Waals surface area contributed by atoms with E-state index in [0.717, 1.165) is 24.0 Å². The minimum Gasteiger partial charge on any atom is -0.334 e. The van der Waals surface area contributed by atoms with Crippen LogP contribution in [0.1, 0.15) is 36.8 Å². The molecular formula is C17H17Cl2N3O3. The molecule has 1 atom stereocenters. The van der Waals surface area contributed by atoms with Gasteiger partial charge < -0.3 is 10.2 Å². The molecule has 1 aromatic rings. The van der Waals surface area contributed by atoms with E-state index in [-0.39, 0.29) is 24.2 Å². The number of fused-ring (bicyclic) bond motifs is 1. The molecule has 0 bridgehead atoms. The highest BCUT2D eigenvalue weighted by atomic mass is 35.5. The van der Waals surface area contributed by atoms with Crippen LogP contribution in [0, 0.1) is 5.92 Å². The van der Waals surface area contributed by atoms with Crippen molar-refractivity contribution in [3.63, 3.8) is 0 Å². The number of rotatable bonds is 4. The molecule has 4 rings (SSSR count). The highest BCUT2D eigenvalue weighted by molar-refractivity contribution is 6.42. The molecule has 3 aliphatic rings. The van der Waals surface area contributed by atoms with E-state index in [0.29, 0.717) is 29.6 Å². The van der Waals surface area contributed by atoms with Gasteiger partial charge in [-0.3, -0.25) is 14.9 Å². The molecule has 1 aromatic carbocycles. The van der Waals surface area contributed by atoms with Crippen LogP contribution in [0.5, 0.6) is 0 Å². The fourth-order valence-corrected chi connectivity index (χ4v) is 4.15. The van der Waals surface area contributed by atoms with Crippen molar-refractivity contribution in [3.8, 4) is 0 Å². The van der Waals surface area contributed by atoms with Crippen molar-refractivity contribution in [2.45, 2.75) is 44.3 Å². The van der Waals surface area contributed by atoms with Gasteiger partial charge in [-0.05, 0) is 48.4 Å². The van der Waals surface area contributed by atoms with Gasteiger partial charge in [0.1, 0.15) is 5.54 Å². The monoisotopic (exact) mass is 381 g/mol. The molecule has 2 N–H and O–H groups in total. The zero-order valence-corrected chi connectivity index (χ0v) is 14.9. The second kappa shape index (κ2) is 5.88. The molecule has 2 aliphatic heterocycles. The number of nitrogens with one attached hydrogen (secondary N) is 2. The van der Waals surface area contributed by atoms with E-state index in [9.17, 15) is 14.4 Å². The maximum absolute atomic E-state index is 12.6. The average Bonchev–Trinajstić information content (AvgIpc) is 3.27. The first-order valence-electron chi connectivity index (χ1n) is 8.27. The van der Waals surface area contributed by atoms with Gasteiger partial charge in [0.2, 0.25) is 5.91 Å². The molecule has 0 unspecified atom stereocenters. The SMILES string of the molecule is O=C1NC(=O)[C@](CCC(=O)N2Cc3cc(Cl)c(Cl)cc3C2)(C2CC2)N1. The zero-order chi connectivity index (χ0) is 17.8. The van der Waals surface area contributed by atoms with Crippen molar-refractivity contribution in [3.05, 3.63) is 33.3 Å². The lowest BCUT2D eigenvalue weighted by molar-refractivity contribution is -0.133. The van der Waals surface area contributed by atoms with E-state index < -0.39 is 11.6 Å². The molecule has 2 fully saturated rings. The number of hydrogen-bond acceptors (Lipinski definition) is 3. The molecule has 1 saturated carbocycles. The highest BCUT2D eigenvalue weighted by Crippen LogP contribution is 2.44. The van der Waals surface area contributed by atoms with Gasteiger partial charge in [-0.25, -0.2) is 4.79 Å². The molecule has 1 aliphatic carbocycles. The molecule has 0 radical (unpaired) electrons. The summed E-state index contributed by atoms with van der Waals surface area (Å²) in [5, 5.41) is 6.02. The quantitative estimate of drug-likeness (QED) is 0.786. The number of benzene rings is 1. The number of halogens is 2. The van der Waals surface area contributed by atoms with E-state index in [1.54, 1.807) is 17.0 Å². The number of hydrogen-bond donors (Lipinski definition) is 2. The van der Waals surface area contributed by atoms with Crippen LogP contribution in [0.4, 0.5) is 4.79 Å². The molecule has 6 nitrogen and oxygen atoms in total. The van der Waals surface area contributed by atoms with Crippen LogP contribution in [0.25, 0.3) is 0 Å². The fraction of sp³-hybridized carbons (Fsp3) is 0.471. The lowest BCUT2D eigenvalue weighted by Gasteiger charge is -2.26. The summed E-state index contributed by atoms with van der Waals surface area (Å²) in [5.41, 5.74) is 1.06. The summed E-state index contributed by atoms with van der Waals surface area (Å²) in [6.45, 7) is 0.972. The van der Waals surface area contributed by atoms with Crippen LogP contribution in [0.3, 0.4) is 0 Å². The Morgan fingerprint density at radius 1 is 1.16 bits per heavy atom. The Balaban J connectivity index is 1.43. The largest absolute Gasteiger partial charge is 0.334 e. The third-order valence-corrected chi connectivity index (χ3v) is 6.02. The van der Waals surface area contributed by atoms with Gasteiger partial charge in [0.05, 0.1) is 10.0 Å². The van der Waals surface area contributed by atoms with Crippen LogP contribution in [-0.4, -0.2) is 28.3 Å². The van der Waals surface area contributed by atoms with Gasteiger partial charge in [0.25, 0.3) is 5.91 Å². The van der Waals surface area contributed by atoms with Crippen molar-refractivity contribution in [2.24, 2.45) is 5.92 Å². The number of amides is 4. The normalized spacial score (nSPS) is 25.0. The molecule has 1 saturated heterocycles. The van der Waals surface area contributed by atoms with E-state index in [1.807, 2.05) is 0 Å². The highest BCUT2D eigenvalue weighted by Gasteiger charge is 2.55. The van der Waals surface area contributed by atoms with Gasteiger partial charge in [-0.2, -0.15) is 0 Å². The molecule has 0 spiro atoms. The van der Waals surface area contributed by atoms with E-state index in [1.165, 1.54) is 0 Å². The third-order valence-electron chi connectivity index (χ3n) is 5.29. The van der Waals surface area contributed by atoms with E-state index >= 15 is 0 Å². The second-order valence-corrected chi connectivity index (χ2v) is 7.75. The summed E-state index contributed by atoms with van der Waals surface area (Å²) in [5.74, 6) is -0.228. The molecule has 2 heterocycles. The first-order chi connectivity index (χ1) is 11.9. The molecule has 132 valence electrons. The van der Waals surface area contributed by atoms with Gasteiger partial charge in [-0.15, -0.1) is 0 Å². The Labute approximate surface area is 154 Å². The third kappa shape index (κ3) is 2.87. The standard InChI is InChI=1S/C17H17Cl2N3O3/c18-12-5-9-7-22(8-10(9)6-13(12)19)14(23)3-4-17(11-1-2-11)15(24)20-16(25)21-17/h5-6,11H,1-4,7-8H2,(H2,20,21,24,25)/t17-/m0/s1. The van der Waals surface area contributed by atoms with Gasteiger partial charge in [0, 0.05) is 19.5 Å². The number of carbonyl (C=O) groups excluding carboxylic acids is 3. The second-order valence-electron chi connectivity index (χ2n) is 6.94. The summed E-state index contributed by atoms with van der Waals surface area (Å²) >= 11 is 12.1. The zero-order valence-electron chi connectivity index (χ0n) is 13.4. The minimum atomic E-state index is -0.925. The molecule has 25 heavy (non-hydrogen) atoms. The summed E-state index contributed by atoms with van der Waals surface area (Å²) in [4.78, 5) is 38.1. The lowest BCUT2D eigenvalue weighted by atomic mass is 9.88. The Bertz CT molecular complexity index is 763. The lowest BCUT2D eigenvalue weighted by Crippen LogP contribution is -2.49. The number of nitrogens with zero attached hydrogens (tertiary/aromatic N) is 1. The molecule has 4 amide bonds. The van der Waals surface area contributed by atoms with Gasteiger partial charge in [-0.1, -0.05) is 23.2 Å². The van der Waals surface area contributed by atoms with Crippen LogP contribution in [0.15, 0.2) is 12.1 Å². The minimum absolute atomic E-state index is 0.0441. The summed E-state index contributed by atoms with van der Waals surface area (Å²) < 4.78 is 0. The van der Waals surface area contributed by atoms with Crippen LogP contribution < -0.4 is 10.6 Å². The van der Waals surface area contributed by atoms with Crippen LogP contribution in [0.2, 0.25) is 10.0 Å². The van der Waals surface area contributed by atoms with E-state index in [2.05, 4.69) is 10.6 Å². The van der Waals surface area contributed by atoms with Gasteiger partial charge in [0.15, 0.2) is 0 Å². The fourth-order valence-electron chi connectivity index (χ4n) is 3.78. The topological polar surface area (TPSA) is 78.5 Å². The predicted molar refractivity (Wildman–Crippen MR) is 92.1 cm³/mol. The van der Waals surface area contributed by atoms with Crippen molar-refractivity contribution in [2.75, 3.05) is 0 Å². The Hall–Kier alpha value is -1.79. The van der Waals surface area contributed by atoms with Crippen molar-refractivity contribution in [1.29, 1.82) is 0 Å². The molecule has 0 aromatic heterocycles. The maximum atomic E-state index is 12.6. The number of carbonyl (C=O) groups is 3. The molecular weight excluding hydrogens is 365 g/mol. The maximum Gasteiger partial charge on any atom is 0.322 e. The van der Waals surface area contributed by atoms with Crippen molar-refractivity contribution in [1.82, 2.24) is 15.5 Å². The number of imide groups is 1. The van der Waals surface area contributed by atoms with Crippen LogP contribution >= 0.6 is 23.2 Å². The Kier molecular flexibility index (Phi) is 3.92. The average molecular weight is 382 g/mol. The number of urea groups is 1. The summed E-state index contributed by atoms with van der Waals surface area (Å²) in [6.07, 6.45) is 2.32. The van der Waals surface area contributed by atoms with Crippen molar-refractivity contribution >= 4 is 41.0 Å². The Morgan fingerprint density at radius 3 is 2.24 bits per heavy atom. The first kappa shape index (κ1) is 16.7. The van der Waals surface area contributed by atoms with Crippen LogP contribution in [-0.2, 0) is 22.7 Å². The summed E-state index contributed by atoms with van der Waals surface area (Å²) in [7, 11) is 0. The molecule has 8 heteroatoms. The Morgan fingerprint density at radius 2 is 1.76 bits per heavy atom. The van der Waals surface area contributed by atoms with E-state index in [4.69, 9.17) is 23.2 Å². The summed E-state index contributed by atoms with van der Waals surface area (Å²) in [6, 6.07) is 3.12.